The molecule has 1 amide bonds. The molecule has 36 heavy (non-hydrogen) atoms. The number of aromatic nitrogens is 2. The Morgan fingerprint density at radius 2 is 1.81 bits per heavy atom. The molecule has 10 heteroatoms. The number of hydrogen-bond donors (Lipinski definition) is 1. The molecule has 0 saturated heterocycles. The minimum Gasteiger partial charge on any atom is -0.496 e. The van der Waals surface area contributed by atoms with Crippen molar-refractivity contribution in [1.82, 2.24) is 9.97 Å². The normalized spacial score (nSPS) is 11.2. The average Bonchev–Trinajstić information content (AvgIpc) is 3.37. The summed E-state index contributed by atoms with van der Waals surface area (Å²) in [6.45, 7) is 2.46. The van der Waals surface area contributed by atoms with E-state index in [2.05, 4.69) is 15.3 Å². The van der Waals surface area contributed by atoms with Gasteiger partial charge < -0.3 is 19.4 Å². The Labute approximate surface area is 209 Å². The Morgan fingerprint density at radius 1 is 1.06 bits per heavy atom. The number of nitrogens with one attached hydrogen (secondary N) is 1. The van der Waals surface area contributed by atoms with Crippen LogP contribution in [0.4, 0.5) is 11.4 Å². The minimum atomic E-state index is -3.76. The summed E-state index contributed by atoms with van der Waals surface area (Å²) in [5.74, 6) is 0.750. The number of sulfone groups is 1. The number of anilines is 2. The molecular weight excluding hydrogens is 480 g/mol. The summed E-state index contributed by atoms with van der Waals surface area (Å²) < 4.78 is 35.5. The van der Waals surface area contributed by atoms with Gasteiger partial charge in [0.2, 0.25) is 15.0 Å². The van der Waals surface area contributed by atoms with Crippen molar-refractivity contribution in [3.8, 4) is 5.75 Å². The largest absolute Gasteiger partial charge is 0.496 e. The average molecular weight is 507 g/mol. The second kappa shape index (κ2) is 10.6. The number of amides is 1. The van der Waals surface area contributed by atoms with Crippen molar-refractivity contribution in [1.29, 1.82) is 0 Å². The summed E-state index contributed by atoms with van der Waals surface area (Å²) >= 11 is 0. The summed E-state index contributed by atoms with van der Waals surface area (Å²) in [6, 6.07) is 18.4. The summed E-state index contributed by atoms with van der Waals surface area (Å²) in [5, 5.41) is 2.41. The fourth-order valence-electron chi connectivity index (χ4n) is 3.69. The molecule has 0 aliphatic heterocycles. The van der Waals surface area contributed by atoms with Crippen LogP contribution in [0, 0.1) is 6.92 Å². The predicted octanol–water partition coefficient (Wildman–Crippen LogP) is 4.25. The maximum atomic E-state index is 13.5. The molecule has 0 spiro atoms. The first-order chi connectivity index (χ1) is 17.3. The van der Waals surface area contributed by atoms with E-state index in [0.717, 1.165) is 17.4 Å². The topological polar surface area (TPSA) is 115 Å². The van der Waals surface area contributed by atoms with Gasteiger partial charge in [-0.05, 0) is 36.8 Å². The molecule has 9 nitrogen and oxygen atoms in total. The molecular formula is C26H26N4O5S. The number of methoxy groups -OCH3 is 1. The van der Waals surface area contributed by atoms with Crippen LogP contribution in [0.2, 0.25) is 0 Å². The molecule has 4 aromatic rings. The third kappa shape index (κ3) is 5.72. The van der Waals surface area contributed by atoms with Crippen LogP contribution in [0.15, 0.2) is 82.7 Å². The molecule has 2 aromatic carbocycles. The summed E-state index contributed by atoms with van der Waals surface area (Å²) in [4.78, 5) is 23.6. The maximum Gasteiger partial charge on any atom is 0.276 e. The van der Waals surface area contributed by atoms with Crippen LogP contribution in [0.1, 0.15) is 27.4 Å². The summed E-state index contributed by atoms with van der Waals surface area (Å²) in [7, 11) is -2.18. The van der Waals surface area contributed by atoms with Crippen LogP contribution in [-0.4, -0.2) is 37.7 Å². The Morgan fingerprint density at radius 3 is 2.50 bits per heavy atom. The maximum absolute atomic E-state index is 13.5. The number of aryl methyl sites for hydroxylation is 1. The lowest BCUT2D eigenvalue weighted by Gasteiger charge is -2.26. The quantitative estimate of drug-likeness (QED) is 0.335. The van der Waals surface area contributed by atoms with Gasteiger partial charge in [0.1, 0.15) is 11.5 Å². The monoisotopic (exact) mass is 506 g/mol. The van der Waals surface area contributed by atoms with Crippen molar-refractivity contribution >= 4 is 27.1 Å². The van der Waals surface area contributed by atoms with E-state index in [1.807, 2.05) is 54.3 Å². The highest BCUT2D eigenvalue weighted by molar-refractivity contribution is 7.90. The number of nitrogens with zero attached hydrogens (tertiary/aromatic N) is 3. The van der Waals surface area contributed by atoms with E-state index in [4.69, 9.17) is 9.15 Å². The number of furan rings is 1. The van der Waals surface area contributed by atoms with Crippen LogP contribution >= 0.6 is 0 Å². The molecule has 2 heterocycles. The third-order valence-corrected chi connectivity index (χ3v) is 6.37. The molecule has 0 radical (unpaired) electrons. The molecule has 0 unspecified atom stereocenters. The fraction of sp³-hybridized carbons (Fsp3) is 0.192. The van der Waals surface area contributed by atoms with Crippen LogP contribution in [0.3, 0.4) is 0 Å². The van der Waals surface area contributed by atoms with Gasteiger partial charge in [0.05, 0.1) is 31.8 Å². The second-order valence-electron chi connectivity index (χ2n) is 8.17. The highest BCUT2D eigenvalue weighted by atomic mass is 32.2. The van der Waals surface area contributed by atoms with Crippen molar-refractivity contribution in [3.05, 3.63) is 95.7 Å². The van der Waals surface area contributed by atoms with Crippen molar-refractivity contribution < 1.29 is 22.4 Å². The molecule has 4 rings (SSSR count). The van der Waals surface area contributed by atoms with Crippen molar-refractivity contribution in [2.24, 2.45) is 0 Å². The lowest BCUT2D eigenvalue weighted by atomic mass is 10.1. The van der Waals surface area contributed by atoms with Gasteiger partial charge in [-0.15, -0.1) is 0 Å². The first-order valence-corrected chi connectivity index (χ1v) is 13.0. The van der Waals surface area contributed by atoms with Gasteiger partial charge in [-0.25, -0.2) is 18.4 Å². The third-order valence-electron chi connectivity index (χ3n) is 5.51. The Balaban J connectivity index is 1.81. The van der Waals surface area contributed by atoms with E-state index in [0.29, 0.717) is 29.4 Å². The van der Waals surface area contributed by atoms with Crippen LogP contribution in [0.5, 0.6) is 5.75 Å². The molecule has 0 aliphatic rings. The van der Waals surface area contributed by atoms with Gasteiger partial charge in [0.15, 0.2) is 5.69 Å². The standard InChI is InChI=1S/C26H26N4O5S/c1-18-9-4-6-12-21(18)28-25(31)24-22(15-27-26(29-24)36(3,32)33)30(17-20-11-8-14-35-20)16-19-10-5-7-13-23(19)34-2/h4-15H,16-17H2,1-3H3,(H,28,31). The molecule has 0 saturated carbocycles. The van der Waals surface area contributed by atoms with Gasteiger partial charge >= 0.3 is 0 Å². The molecule has 0 fully saturated rings. The van der Waals surface area contributed by atoms with Gasteiger partial charge in [-0.1, -0.05) is 36.4 Å². The number of para-hydroxylation sites is 2. The van der Waals surface area contributed by atoms with E-state index in [1.54, 1.807) is 31.6 Å². The highest BCUT2D eigenvalue weighted by Gasteiger charge is 2.25. The number of benzene rings is 2. The van der Waals surface area contributed by atoms with E-state index in [1.165, 1.54) is 6.20 Å². The molecule has 2 aromatic heterocycles. The van der Waals surface area contributed by atoms with Crippen molar-refractivity contribution in [2.45, 2.75) is 25.2 Å². The zero-order valence-corrected chi connectivity index (χ0v) is 21.0. The van der Waals surface area contributed by atoms with Gasteiger partial charge in [0, 0.05) is 24.1 Å². The van der Waals surface area contributed by atoms with Gasteiger partial charge in [-0.2, -0.15) is 0 Å². The van der Waals surface area contributed by atoms with E-state index < -0.39 is 20.9 Å². The zero-order chi connectivity index (χ0) is 25.7. The minimum absolute atomic E-state index is 0.0740. The number of hydrogen-bond acceptors (Lipinski definition) is 8. The van der Waals surface area contributed by atoms with Crippen LogP contribution in [0.25, 0.3) is 0 Å². The summed E-state index contributed by atoms with van der Waals surface area (Å²) in [5.41, 5.74) is 2.57. The fourth-order valence-corrected chi connectivity index (χ4v) is 4.19. The number of ether oxygens (including phenoxy) is 1. The Bertz CT molecular complexity index is 1470. The second-order valence-corrected chi connectivity index (χ2v) is 10.1. The lowest BCUT2D eigenvalue weighted by molar-refractivity contribution is 0.102. The lowest BCUT2D eigenvalue weighted by Crippen LogP contribution is -2.27. The summed E-state index contributed by atoms with van der Waals surface area (Å²) in [6.07, 6.45) is 3.92. The number of carbonyl (C=O) groups is 1. The van der Waals surface area contributed by atoms with E-state index in [9.17, 15) is 13.2 Å². The zero-order valence-electron chi connectivity index (χ0n) is 20.1. The molecule has 186 valence electrons. The first-order valence-electron chi connectivity index (χ1n) is 11.1. The SMILES string of the molecule is COc1ccccc1CN(Cc1ccco1)c1cnc(S(C)(=O)=O)nc1C(=O)Nc1ccccc1C. The smallest absolute Gasteiger partial charge is 0.276 e. The molecule has 0 bridgehead atoms. The van der Waals surface area contributed by atoms with Crippen LogP contribution < -0.4 is 15.0 Å². The van der Waals surface area contributed by atoms with Crippen molar-refractivity contribution in [2.75, 3.05) is 23.6 Å². The Hall–Kier alpha value is -4.18. The van der Waals surface area contributed by atoms with E-state index in [-0.39, 0.29) is 12.2 Å². The van der Waals surface area contributed by atoms with Gasteiger partial charge in [0.25, 0.3) is 5.91 Å². The number of rotatable bonds is 9. The molecule has 0 atom stereocenters. The molecule has 1 N–H and O–H groups in total. The predicted molar refractivity (Wildman–Crippen MR) is 136 cm³/mol. The highest BCUT2D eigenvalue weighted by Crippen LogP contribution is 2.28. The van der Waals surface area contributed by atoms with Gasteiger partial charge in [-0.3, -0.25) is 4.79 Å². The van der Waals surface area contributed by atoms with Crippen molar-refractivity contribution in [3.63, 3.8) is 0 Å². The van der Waals surface area contributed by atoms with Crippen LogP contribution in [-0.2, 0) is 22.9 Å². The molecule has 0 aliphatic carbocycles. The number of carbonyl (C=O) groups excluding carboxylic acids is 1. The Kier molecular flexibility index (Phi) is 7.35. The first kappa shape index (κ1) is 24.9. The van der Waals surface area contributed by atoms with E-state index >= 15 is 0 Å².